The van der Waals surface area contributed by atoms with Crippen molar-refractivity contribution in [1.82, 2.24) is 5.32 Å². The maximum absolute atomic E-state index is 11.4. The molecule has 104 valence electrons. The van der Waals surface area contributed by atoms with E-state index in [2.05, 4.69) is 5.32 Å². The Morgan fingerprint density at radius 3 is 2.33 bits per heavy atom. The van der Waals surface area contributed by atoms with Crippen molar-refractivity contribution in [3.8, 4) is 0 Å². The Labute approximate surface area is 109 Å². The van der Waals surface area contributed by atoms with Crippen molar-refractivity contribution in [3.05, 3.63) is 0 Å². The highest BCUT2D eigenvalue weighted by molar-refractivity contribution is 5.74. The molecule has 1 heterocycles. The van der Waals surface area contributed by atoms with E-state index in [9.17, 15) is 9.90 Å². The van der Waals surface area contributed by atoms with Gasteiger partial charge in [-0.25, -0.2) is 0 Å². The molecule has 3 atom stereocenters. The second-order valence-electron chi connectivity index (χ2n) is 5.73. The molecule has 0 radical (unpaired) electrons. The molecule has 0 aromatic heterocycles. The minimum atomic E-state index is -0.765. The van der Waals surface area contributed by atoms with E-state index < -0.39 is 12.0 Å². The fraction of sp³-hybridized carbons (Fsp3) is 0.929. The van der Waals surface area contributed by atoms with Crippen molar-refractivity contribution >= 4 is 5.97 Å². The maximum Gasteiger partial charge on any atom is 0.323 e. The molecule has 4 nitrogen and oxygen atoms in total. The van der Waals surface area contributed by atoms with Crippen molar-refractivity contribution in [2.75, 3.05) is 0 Å². The molecule has 3 unspecified atom stereocenters. The monoisotopic (exact) mass is 255 g/mol. The van der Waals surface area contributed by atoms with Gasteiger partial charge in [0.1, 0.15) is 6.04 Å². The predicted octanol–water partition coefficient (Wildman–Crippen LogP) is 2.32. The highest BCUT2D eigenvalue weighted by Crippen LogP contribution is 2.24. The third-order valence-corrected chi connectivity index (χ3v) is 4.17. The Morgan fingerprint density at radius 1 is 1.17 bits per heavy atom. The van der Waals surface area contributed by atoms with Gasteiger partial charge in [0.25, 0.3) is 0 Å². The quantitative estimate of drug-likeness (QED) is 0.757. The van der Waals surface area contributed by atoms with Crippen molar-refractivity contribution in [1.29, 1.82) is 0 Å². The number of hydrogen-bond acceptors (Lipinski definition) is 3. The summed E-state index contributed by atoms with van der Waals surface area (Å²) in [6.45, 7) is 2.02. The first-order valence-corrected chi connectivity index (χ1v) is 7.31. The van der Waals surface area contributed by atoms with Crippen LogP contribution in [-0.2, 0) is 9.53 Å². The van der Waals surface area contributed by atoms with Gasteiger partial charge in [-0.05, 0) is 32.6 Å². The maximum atomic E-state index is 11.4. The molecule has 4 heteroatoms. The topological polar surface area (TPSA) is 58.6 Å². The molecule has 1 saturated carbocycles. The summed E-state index contributed by atoms with van der Waals surface area (Å²) in [5, 5.41) is 12.7. The van der Waals surface area contributed by atoms with Crippen LogP contribution in [0.15, 0.2) is 0 Å². The zero-order chi connectivity index (χ0) is 13.0. The number of carboxylic acid groups (broad SMARTS) is 1. The van der Waals surface area contributed by atoms with E-state index in [0.29, 0.717) is 6.04 Å². The molecule has 18 heavy (non-hydrogen) atoms. The zero-order valence-corrected chi connectivity index (χ0v) is 11.2. The lowest BCUT2D eigenvalue weighted by molar-refractivity contribution is -0.143. The molecule has 1 aliphatic heterocycles. The number of ether oxygens (including phenoxy) is 1. The molecule has 1 saturated heterocycles. The summed E-state index contributed by atoms with van der Waals surface area (Å²) in [7, 11) is 0. The van der Waals surface area contributed by atoms with Crippen LogP contribution >= 0.6 is 0 Å². The summed E-state index contributed by atoms with van der Waals surface area (Å²) < 4.78 is 5.71. The van der Waals surface area contributed by atoms with E-state index in [1.807, 2.05) is 6.92 Å². The van der Waals surface area contributed by atoms with Gasteiger partial charge in [0.05, 0.1) is 12.2 Å². The molecule has 0 aromatic carbocycles. The summed E-state index contributed by atoms with van der Waals surface area (Å²) in [4.78, 5) is 11.4. The summed E-state index contributed by atoms with van der Waals surface area (Å²) in [5.41, 5.74) is 0. The van der Waals surface area contributed by atoms with Crippen LogP contribution < -0.4 is 5.32 Å². The average molecular weight is 255 g/mol. The van der Waals surface area contributed by atoms with E-state index in [0.717, 1.165) is 25.7 Å². The normalized spacial score (nSPS) is 32.1. The predicted molar refractivity (Wildman–Crippen MR) is 69.6 cm³/mol. The molecule has 0 aromatic rings. The Balaban J connectivity index is 1.91. The lowest BCUT2D eigenvalue weighted by atomic mass is 10.0. The summed E-state index contributed by atoms with van der Waals surface area (Å²) in [6.07, 6.45) is 9.09. The molecule has 2 N–H and O–H groups in total. The fourth-order valence-corrected chi connectivity index (χ4v) is 3.12. The van der Waals surface area contributed by atoms with Crippen LogP contribution in [0, 0.1) is 0 Å². The van der Waals surface area contributed by atoms with E-state index in [-0.39, 0.29) is 12.2 Å². The number of hydrogen-bond donors (Lipinski definition) is 2. The van der Waals surface area contributed by atoms with Gasteiger partial charge in [-0.3, -0.25) is 10.1 Å². The van der Waals surface area contributed by atoms with Crippen LogP contribution in [0.5, 0.6) is 0 Å². The highest BCUT2D eigenvalue weighted by atomic mass is 16.5. The van der Waals surface area contributed by atoms with Crippen LogP contribution in [0.1, 0.15) is 58.3 Å². The van der Waals surface area contributed by atoms with Gasteiger partial charge in [0, 0.05) is 6.04 Å². The second-order valence-corrected chi connectivity index (χ2v) is 5.73. The molecule has 2 rings (SSSR count). The Kier molecular flexibility index (Phi) is 5.01. The summed E-state index contributed by atoms with van der Waals surface area (Å²) in [5.74, 6) is -0.765. The highest BCUT2D eigenvalue weighted by Gasteiger charge is 2.35. The number of rotatable bonds is 4. The minimum absolute atomic E-state index is 0.152. The molecule has 2 fully saturated rings. The number of aliphatic carboxylic acids is 1. The third-order valence-electron chi connectivity index (χ3n) is 4.17. The Morgan fingerprint density at radius 2 is 1.83 bits per heavy atom. The van der Waals surface area contributed by atoms with Crippen LogP contribution in [0.3, 0.4) is 0 Å². The summed E-state index contributed by atoms with van der Waals surface area (Å²) >= 11 is 0. The standard InChI is InChI=1S/C14H25NO3/c1-10-8-9-12(18-10)13(14(16)17)15-11-6-4-2-3-5-7-11/h10-13,15H,2-9H2,1H3,(H,16,17). The fourth-order valence-electron chi connectivity index (χ4n) is 3.12. The van der Waals surface area contributed by atoms with Crippen molar-refractivity contribution in [2.45, 2.75) is 82.6 Å². The van der Waals surface area contributed by atoms with Gasteiger partial charge < -0.3 is 9.84 Å². The van der Waals surface area contributed by atoms with Crippen LogP contribution in [0.4, 0.5) is 0 Å². The van der Waals surface area contributed by atoms with Crippen molar-refractivity contribution < 1.29 is 14.6 Å². The number of nitrogens with one attached hydrogen (secondary N) is 1. The van der Waals surface area contributed by atoms with Gasteiger partial charge in [-0.1, -0.05) is 25.7 Å². The first kappa shape index (κ1) is 13.8. The van der Waals surface area contributed by atoms with E-state index in [4.69, 9.17) is 4.74 Å². The van der Waals surface area contributed by atoms with E-state index in [1.165, 1.54) is 25.7 Å². The van der Waals surface area contributed by atoms with Crippen molar-refractivity contribution in [3.63, 3.8) is 0 Å². The SMILES string of the molecule is CC1CCC(C(NC2CCCCCC2)C(=O)O)O1. The van der Waals surface area contributed by atoms with E-state index >= 15 is 0 Å². The largest absolute Gasteiger partial charge is 0.480 e. The zero-order valence-electron chi connectivity index (χ0n) is 11.2. The molecule has 0 spiro atoms. The summed E-state index contributed by atoms with van der Waals surface area (Å²) in [6, 6.07) is -0.175. The van der Waals surface area contributed by atoms with Crippen molar-refractivity contribution in [2.24, 2.45) is 0 Å². The Hall–Kier alpha value is -0.610. The molecule has 1 aliphatic carbocycles. The number of carbonyl (C=O) groups is 1. The Bertz CT molecular complexity index is 274. The molecule has 0 bridgehead atoms. The molecular formula is C14H25NO3. The van der Waals surface area contributed by atoms with Crippen LogP contribution in [0.25, 0.3) is 0 Å². The molecular weight excluding hydrogens is 230 g/mol. The number of carboxylic acids is 1. The van der Waals surface area contributed by atoms with Gasteiger partial charge in [-0.15, -0.1) is 0 Å². The lowest BCUT2D eigenvalue weighted by Gasteiger charge is -2.26. The minimum Gasteiger partial charge on any atom is -0.480 e. The van der Waals surface area contributed by atoms with Gasteiger partial charge >= 0.3 is 5.97 Å². The van der Waals surface area contributed by atoms with Crippen LogP contribution in [0.2, 0.25) is 0 Å². The van der Waals surface area contributed by atoms with Crippen LogP contribution in [-0.4, -0.2) is 35.4 Å². The molecule has 0 amide bonds. The van der Waals surface area contributed by atoms with Gasteiger partial charge in [0.15, 0.2) is 0 Å². The van der Waals surface area contributed by atoms with Gasteiger partial charge in [0.2, 0.25) is 0 Å². The smallest absolute Gasteiger partial charge is 0.323 e. The third kappa shape index (κ3) is 3.69. The lowest BCUT2D eigenvalue weighted by Crippen LogP contribution is -2.50. The first-order valence-electron chi connectivity index (χ1n) is 7.31. The molecule has 2 aliphatic rings. The average Bonchev–Trinajstić information content (AvgIpc) is 2.61. The second kappa shape index (κ2) is 6.53. The van der Waals surface area contributed by atoms with E-state index in [1.54, 1.807) is 0 Å². The van der Waals surface area contributed by atoms with Gasteiger partial charge in [-0.2, -0.15) is 0 Å². The first-order chi connectivity index (χ1) is 8.66.